The molecule has 1 heterocycles. The second kappa shape index (κ2) is 9.41. The lowest BCUT2D eigenvalue weighted by atomic mass is 9.87. The Morgan fingerprint density at radius 3 is 2.41 bits per heavy atom. The Labute approximate surface area is 206 Å². The SMILES string of the molecule is O=C(c1ccc(F)c(F)c1Nc1ccc(I)cc1F)N1CC(O)(CCc2ccc(O)c(F)c2)C1. The number of amides is 1. The average Bonchev–Trinajstić information content (AvgIpc) is 2.77. The smallest absolute Gasteiger partial charge is 0.256 e. The number of anilines is 2. The van der Waals surface area contributed by atoms with Gasteiger partial charge in [0.1, 0.15) is 11.4 Å². The summed E-state index contributed by atoms with van der Waals surface area (Å²) in [6.45, 7) is -0.133. The van der Waals surface area contributed by atoms with Crippen LogP contribution in [0.2, 0.25) is 0 Å². The number of aromatic hydroxyl groups is 1. The molecular weight excluding hydrogens is 567 g/mol. The van der Waals surface area contributed by atoms with Crippen molar-refractivity contribution in [3.05, 3.63) is 86.5 Å². The van der Waals surface area contributed by atoms with Crippen molar-refractivity contribution in [1.82, 2.24) is 4.90 Å². The zero-order valence-corrected chi connectivity index (χ0v) is 19.7. The zero-order chi connectivity index (χ0) is 24.6. The Bertz CT molecular complexity index is 1270. The van der Waals surface area contributed by atoms with Crippen molar-refractivity contribution in [2.24, 2.45) is 0 Å². The van der Waals surface area contributed by atoms with Crippen LogP contribution in [0.4, 0.5) is 28.9 Å². The molecule has 178 valence electrons. The van der Waals surface area contributed by atoms with Crippen LogP contribution in [0.5, 0.6) is 5.75 Å². The minimum atomic E-state index is -1.33. The fraction of sp³-hybridized carbons (Fsp3) is 0.208. The molecule has 1 fully saturated rings. The van der Waals surface area contributed by atoms with Gasteiger partial charge in [-0.2, -0.15) is 0 Å². The quantitative estimate of drug-likeness (QED) is 0.277. The summed E-state index contributed by atoms with van der Waals surface area (Å²) in [6.07, 6.45) is 0.525. The lowest BCUT2D eigenvalue weighted by Gasteiger charge is -2.46. The van der Waals surface area contributed by atoms with E-state index in [1.54, 1.807) is 6.07 Å². The number of halogens is 5. The molecule has 0 aliphatic carbocycles. The van der Waals surface area contributed by atoms with E-state index in [1.165, 1.54) is 35.2 Å². The highest BCUT2D eigenvalue weighted by Gasteiger charge is 2.44. The first kappa shape index (κ1) is 24.3. The van der Waals surface area contributed by atoms with E-state index in [0.717, 1.165) is 12.1 Å². The lowest BCUT2D eigenvalue weighted by Crippen LogP contribution is -2.63. The first-order valence-electron chi connectivity index (χ1n) is 10.3. The highest BCUT2D eigenvalue weighted by Crippen LogP contribution is 2.33. The molecule has 4 rings (SSSR count). The number of hydrogen-bond acceptors (Lipinski definition) is 4. The van der Waals surface area contributed by atoms with Crippen LogP contribution in [-0.2, 0) is 6.42 Å². The molecular formula is C24H19F4IN2O3. The number of nitrogens with zero attached hydrogens (tertiary/aromatic N) is 1. The number of phenols is 1. The van der Waals surface area contributed by atoms with Crippen molar-refractivity contribution in [2.45, 2.75) is 18.4 Å². The summed E-state index contributed by atoms with van der Waals surface area (Å²) < 4.78 is 56.9. The van der Waals surface area contributed by atoms with E-state index in [0.29, 0.717) is 15.6 Å². The van der Waals surface area contributed by atoms with Crippen LogP contribution in [-0.4, -0.2) is 39.7 Å². The Morgan fingerprint density at radius 1 is 1.00 bits per heavy atom. The maximum absolute atomic E-state index is 14.6. The fourth-order valence-corrected chi connectivity index (χ4v) is 4.25. The molecule has 0 saturated carbocycles. The number of β-amino-alcohol motifs (C(OH)–C–C–N with tert-alkyl or cyclic N) is 1. The minimum Gasteiger partial charge on any atom is -0.505 e. The molecule has 1 saturated heterocycles. The van der Waals surface area contributed by atoms with Gasteiger partial charge in [-0.1, -0.05) is 6.07 Å². The summed E-state index contributed by atoms with van der Waals surface area (Å²) in [6, 6.07) is 9.96. The largest absolute Gasteiger partial charge is 0.505 e. The van der Waals surface area contributed by atoms with Gasteiger partial charge in [0.2, 0.25) is 0 Å². The average molecular weight is 586 g/mol. The number of carbonyl (C=O) groups is 1. The van der Waals surface area contributed by atoms with E-state index in [1.807, 2.05) is 22.6 Å². The van der Waals surface area contributed by atoms with E-state index in [4.69, 9.17) is 0 Å². The topological polar surface area (TPSA) is 72.8 Å². The number of aryl methyl sites for hydroxylation is 1. The Morgan fingerprint density at radius 2 is 1.74 bits per heavy atom. The normalized spacial score (nSPS) is 14.6. The van der Waals surface area contributed by atoms with Gasteiger partial charge < -0.3 is 20.4 Å². The van der Waals surface area contributed by atoms with Crippen molar-refractivity contribution < 1.29 is 32.6 Å². The predicted octanol–water partition coefficient (Wildman–Crippen LogP) is 5.12. The molecule has 1 aliphatic rings. The van der Waals surface area contributed by atoms with Crippen molar-refractivity contribution in [1.29, 1.82) is 0 Å². The van der Waals surface area contributed by atoms with Crippen LogP contribution < -0.4 is 5.32 Å². The highest BCUT2D eigenvalue weighted by atomic mass is 127. The zero-order valence-electron chi connectivity index (χ0n) is 17.6. The molecule has 0 atom stereocenters. The maximum Gasteiger partial charge on any atom is 0.256 e. The molecule has 1 aliphatic heterocycles. The van der Waals surface area contributed by atoms with E-state index in [-0.39, 0.29) is 30.8 Å². The molecule has 34 heavy (non-hydrogen) atoms. The van der Waals surface area contributed by atoms with Gasteiger partial charge in [-0.15, -0.1) is 0 Å². The number of aliphatic hydroxyl groups is 1. The number of carbonyl (C=O) groups excluding carboxylic acids is 1. The summed E-state index contributed by atoms with van der Waals surface area (Å²) in [5.74, 6) is -5.12. The molecule has 5 nitrogen and oxygen atoms in total. The summed E-state index contributed by atoms with van der Waals surface area (Å²) in [7, 11) is 0. The standard InChI is InChI=1S/C24H19F4IN2O3/c25-16-4-3-15(22(21(16)28)30-19-5-2-14(29)10-17(19)26)23(33)31-11-24(34,12-31)8-7-13-1-6-20(32)18(27)9-13/h1-6,9-10,30,32,34H,7-8,11-12H2. The molecule has 3 aromatic rings. The molecule has 0 aromatic heterocycles. The van der Waals surface area contributed by atoms with E-state index >= 15 is 0 Å². The Balaban J connectivity index is 1.48. The molecule has 10 heteroatoms. The number of phenolic OH excluding ortho intramolecular Hbond substituents is 1. The molecule has 0 unspecified atom stereocenters. The van der Waals surface area contributed by atoms with Crippen LogP contribution >= 0.6 is 22.6 Å². The van der Waals surface area contributed by atoms with Gasteiger partial charge >= 0.3 is 0 Å². The van der Waals surface area contributed by atoms with Gasteiger partial charge in [0.05, 0.1) is 30.0 Å². The van der Waals surface area contributed by atoms with Gasteiger partial charge in [-0.3, -0.25) is 4.79 Å². The van der Waals surface area contributed by atoms with Crippen molar-refractivity contribution in [2.75, 3.05) is 18.4 Å². The van der Waals surface area contributed by atoms with Crippen LogP contribution in [0.25, 0.3) is 0 Å². The Hall–Kier alpha value is -2.86. The summed E-state index contributed by atoms with van der Waals surface area (Å²) in [5, 5.41) is 22.4. The molecule has 0 radical (unpaired) electrons. The third kappa shape index (κ3) is 4.97. The van der Waals surface area contributed by atoms with Gasteiger partial charge in [0, 0.05) is 3.57 Å². The van der Waals surface area contributed by atoms with Gasteiger partial charge in [-0.25, -0.2) is 17.6 Å². The first-order valence-corrected chi connectivity index (χ1v) is 11.3. The van der Waals surface area contributed by atoms with Crippen molar-refractivity contribution in [3.63, 3.8) is 0 Å². The summed E-state index contributed by atoms with van der Waals surface area (Å²) in [5.41, 5.74) is -1.50. The van der Waals surface area contributed by atoms with E-state index in [9.17, 15) is 32.6 Å². The van der Waals surface area contributed by atoms with Crippen molar-refractivity contribution in [3.8, 4) is 5.75 Å². The maximum atomic E-state index is 14.6. The lowest BCUT2D eigenvalue weighted by molar-refractivity contribution is -0.0854. The van der Waals surface area contributed by atoms with Crippen LogP contribution in [0.15, 0.2) is 48.5 Å². The summed E-state index contributed by atoms with van der Waals surface area (Å²) in [4.78, 5) is 14.3. The molecule has 3 N–H and O–H groups in total. The third-order valence-corrected chi connectivity index (χ3v) is 6.34. The second-order valence-corrected chi connectivity index (χ2v) is 9.45. The van der Waals surface area contributed by atoms with Gasteiger partial charge in [0.15, 0.2) is 23.2 Å². The van der Waals surface area contributed by atoms with Crippen LogP contribution in [0.1, 0.15) is 22.3 Å². The third-order valence-electron chi connectivity index (χ3n) is 5.66. The van der Waals surface area contributed by atoms with Gasteiger partial charge in [-0.05, 0) is 83.5 Å². The van der Waals surface area contributed by atoms with Gasteiger partial charge in [0.25, 0.3) is 5.91 Å². The number of likely N-dealkylation sites (tertiary alicyclic amines) is 1. The highest BCUT2D eigenvalue weighted by molar-refractivity contribution is 14.1. The number of hydrogen-bond donors (Lipinski definition) is 3. The van der Waals surface area contributed by atoms with Crippen LogP contribution in [0.3, 0.4) is 0 Å². The Kier molecular flexibility index (Phi) is 6.72. The first-order chi connectivity index (χ1) is 16.1. The molecule has 1 amide bonds. The molecule has 0 spiro atoms. The summed E-state index contributed by atoms with van der Waals surface area (Å²) >= 11 is 1.90. The van der Waals surface area contributed by atoms with Crippen molar-refractivity contribution >= 4 is 39.9 Å². The number of rotatable bonds is 6. The van der Waals surface area contributed by atoms with E-state index in [2.05, 4.69) is 5.32 Å². The predicted molar refractivity (Wildman–Crippen MR) is 126 cm³/mol. The minimum absolute atomic E-state index is 0.0667. The number of nitrogens with one attached hydrogen (secondary N) is 1. The second-order valence-electron chi connectivity index (χ2n) is 8.20. The number of benzene rings is 3. The fourth-order valence-electron chi connectivity index (χ4n) is 3.80. The molecule has 3 aromatic carbocycles. The monoisotopic (exact) mass is 586 g/mol. The van der Waals surface area contributed by atoms with Crippen LogP contribution in [0, 0.1) is 26.8 Å². The van der Waals surface area contributed by atoms with E-state index < -0.39 is 46.2 Å². The molecule has 0 bridgehead atoms.